The molecule has 10 amide bonds. The van der Waals surface area contributed by atoms with Crippen LogP contribution in [-0.2, 0) is 68.7 Å². The van der Waals surface area contributed by atoms with Crippen LogP contribution < -0.4 is 58.9 Å². The van der Waals surface area contributed by atoms with Crippen LogP contribution in [0, 0.1) is 6.92 Å². The minimum Gasteiger partial charge on any atom is -0.481 e. The van der Waals surface area contributed by atoms with Crippen molar-refractivity contribution in [3.63, 3.8) is 0 Å². The highest BCUT2D eigenvalue weighted by Gasteiger charge is 2.53. The number of aliphatic carboxylic acids is 5. The molecule has 0 radical (unpaired) electrons. The molecule has 0 bridgehead atoms. The van der Waals surface area contributed by atoms with Crippen molar-refractivity contribution in [2.24, 2.45) is 5.73 Å². The first-order chi connectivity index (χ1) is 49.1. The third kappa shape index (κ3) is 33.2. The lowest BCUT2D eigenvalue weighted by atomic mass is 10.0. The van der Waals surface area contributed by atoms with E-state index in [0.717, 1.165) is 5.56 Å². The number of primary amides is 1. The molecule has 5 rings (SSSR count). The third-order valence-electron chi connectivity index (χ3n) is 16.8. The molecule has 1 aromatic heterocycles. The monoisotopic (exact) mass is 1440 g/mol. The van der Waals surface area contributed by atoms with Gasteiger partial charge in [-0.3, -0.25) is 86.9 Å². The number of carboxylic acid groups (broad SMARTS) is 5. The summed E-state index contributed by atoms with van der Waals surface area (Å²) in [7, 11) is 0. The van der Waals surface area contributed by atoms with E-state index >= 15 is 0 Å². The zero-order chi connectivity index (χ0) is 75.3. The first kappa shape index (κ1) is 83.2. The maximum Gasteiger partial charge on any atom is 0.323 e. The van der Waals surface area contributed by atoms with Gasteiger partial charge in [0.2, 0.25) is 47.3 Å². The number of carbonyl (C=O) groups is 14. The van der Waals surface area contributed by atoms with E-state index in [1.165, 1.54) is 6.08 Å². The van der Waals surface area contributed by atoms with Crippen LogP contribution in [0.1, 0.15) is 93.7 Å². The number of carboxylic acids is 5. The molecule has 2 aliphatic rings. The van der Waals surface area contributed by atoms with Crippen LogP contribution >= 0.6 is 0 Å². The van der Waals surface area contributed by atoms with Crippen molar-refractivity contribution in [2.45, 2.75) is 120 Å². The Morgan fingerprint density at radius 1 is 0.534 bits per heavy atom. The molecule has 103 heavy (non-hydrogen) atoms. The number of rotatable bonds is 43. The Morgan fingerprint density at radius 3 is 1.64 bits per heavy atom. The molecule has 2 heterocycles. The van der Waals surface area contributed by atoms with E-state index in [4.69, 9.17) is 5.73 Å². The lowest BCUT2D eigenvalue weighted by Crippen LogP contribution is -2.59. The molecule has 4 atom stereocenters. The summed E-state index contributed by atoms with van der Waals surface area (Å²) in [5, 5.41) is 74.7. The van der Waals surface area contributed by atoms with Gasteiger partial charge in [0, 0.05) is 115 Å². The van der Waals surface area contributed by atoms with Gasteiger partial charge in [0.15, 0.2) is 0 Å². The second-order valence-corrected chi connectivity index (χ2v) is 25.2. The predicted molar refractivity (Wildman–Crippen MR) is 373 cm³/mol. The lowest BCUT2D eigenvalue weighted by Gasteiger charge is -2.32. The van der Waals surface area contributed by atoms with E-state index in [1.807, 2.05) is 19.1 Å². The number of aryl methyl sites for hydroxylation is 1. The smallest absolute Gasteiger partial charge is 0.323 e. The van der Waals surface area contributed by atoms with Gasteiger partial charge in [-0.1, -0.05) is 36.4 Å². The zero-order valence-electron chi connectivity index (χ0n) is 57.7. The average molecular weight is 1440 g/mol. The van der Waals surface area contributed by atoms with Crippen molar-refractivity contribution >= 4 is 101 Å². The number of urea groups is 1. The van der Waals surface area contributed by atoms with Crippen molar-refractivity contribution < 1.29 is 92.7 Å². The van der Waals surface area contributed by atoms with Crippen LogP contribution in [0.25, 0.3) is 6.08 Å². The number of nitrogens with zero attached hydrogens (tertiary/aromatic N) is 5. The summed E-state index contributed by atoms with van der Waals surface area (Å²) in [5.41, 5.74) is 7.08. The highest BCUT2D eigenvalue weighted by atomic mass is 16.4. The Labute approximate surface area is 595 Å². The second kappa shape index (κ2) is 44.0. The molecule has 1 aliphatic carbocycles. The molecule has 1 aliphatic heterocycles. The van der Waals surface area contributed by atoms with Crippen LogP contribution in [0.15, 0.2) is 79.1 Å². The summed E-state index contributed by atoms with van der Waals surface area (Å²) in [6.07, 6.45) is 5.80. The van der Waals surface area contributed by atoms with Crippen LogP contribution in [0.3, 0.4) is 0 Å². The normalized spacial score (nSPS) is 15.5. The van der Waals surface area contributed by atoms with Crippen LogP contribution in [0.5, 0.6) is 0 Å². The highest BCUT2D eigenvalue weighted by Crippen LogP contribution is 2.36. The van der Waals surface area contributed by atoms with Gasteiger partial charge in [0.1, 0.15) is 23.7 Å². The Bertz CT molecular complexity index is 3380. The minimum atomic E-state index is -1.69. The second-order valence-electron chi connectivity index (χ2n) is 25.2. The fourth-order valence-corrected chi connectivity index (χ4v) is 11.0. The summed E-state index contributed by atoms with van der Waals surface area (Å²) in [5.74, 6) is -11.7. The fourth-order valence-electron chi connectivity index (χ4n) is 11.0. The Hall–Kier alpha value is -10.5. The molecule has 3 aromatic rings. The minimum absolute atomic E-state index is 0.000412. The lowest BCUT2D eigenvalue weighted by molar-refractivity contribution is -0.141. The molecule has 2 aromatic carbocycles. The number of carbonyl (C=O) groups excluding carboxylic acids is 9. The van der Waals surface area contributed by atoms with Gasteiger partial charge in [-0.05, 0) is 118 Å². The fraction of sp³-hybridized carbons (Fsp3) is 0.515. The zero-order valence-corrected chi connectivity index (χ0v) is 57.7. The van der Waals surface area contributed by atoms with Gasteiger partial charge in [-0.2, -0.15) is 0 Å². The number of hydrogen-bond donors (Lipinski definition) is 16. The quantitative estimate of drug-likeness (QED) is 0.0232. The van der Waals surface area contributed by atoms with E-state index in [9.17, 15) is 92.7 Å². The topological polar surface area (TPSA) is 512 Å². The molecule has 0 unspecified atom stereocenters. The van der Waals surface area contributed by atoms with Crippen molar-refractivity contribution in [2.75, 3.05) is 115 Å². The van der Waals surface area contributed by atoms with Gasteiger partial charge in [-0.15, -0.1) is 0 Å². The molecule has 2 fully saturated rings. The number of para-hydroxylation sites is 1. The standard InChI is InChI=1S/C68H96N16O19/c1-45-10-2-3-12-49(45)79-67(103)75-48-20-17-46(18-21-48)38-55(86)76-51(14-5-7-26-72-54(85)22-19-47-11-9-25-70-40-47)64(100)77-52(15-8-16-57(88)89)65(101)80-68(23-24-68)66(102)78-53(39-58(90)91)63(99)74-29-28-71-50(62(69)98)13-4-6-27-73-56(87)41-81-30-32-82(42-59(92)93)34-36-84(44-61(96)97)37-35-83(33-31-81)43-60(94)95/h2-3,9-12,17-22,25,40,50-53,71H,4-8,13-16,23-24,26-39,41-44H2,1H3,(H2,69,98)(H,72,85)(H,73,87)(H,74,99)(H,76,86)(H,77,100)(H,78,102)(H,80,101)(H,88,89)(H,90,91)(H,92,93)(H,94,95)(H,96,97)(H2,75,79,103)/b22-19+/t50-,51-,52-,53+/m0/s1. The highest BCUT2D eigenvalue weighted by molar-refractivity contribution is 6.01. The predicted octanol–water partition coefficient (Wildman–Crippen LogP) is -1.27. The summed E-state index contributed by atoms with van der Waals surface area (Å²) < 4.78 is 0. The summed E-state index contributed by atoms with van der Waals surface area (Å²) in [6, 6.07) is 11.2. The molecular weight excluding hydrogens is 1340 g/mol. The molecule has 17 N–H and O–H groups in total. The number of pyridine rings is 1. The van der Waals surface area contributed by atoms with Crippen molar-refractivity contribution in [3.8, 4) is 0 Å². The Morgan fingerprint density at radius 2 is 1.10 bits per heavy atom. The number of aromatic nitrogens is 1. The molecule has 1 saturated carbocycles. The van der Waals surface area contributed by atoms with Crippen LogP contribution in [-0.4, -0.2) is 268 Å². The summed E-state index contributed by atoms with van der Waals surface area (Å²) in [6.45, 7) is 2.67. The van der Waals surface area contributed by atoms with Gasteiger partial charge in [0.25, 0.3) is 0 Å². The molecule has 562 valence electrons. The van der Waals surface area contributed by atoms with Gasteiger partial charge < -0.3 is 84.4 Å². The van der Waals surface area contributed by atoms with Crippen molar-refractivity contribution in [3.05, 3.63) is 95.8 Å². The number of benzene rings is 2. The number of amides is 10. The van der Waals surface area contributed by atoms with Crippen molar-refractivity contribution in [1.82, 2.24) is 67.1 Å². The van der Waals surface area contributed by atoms with E-state index in [-0.39, 0.29) is 162 Å². The van der Waals surface area contributed by atoms with Crippen molar-refractivity contribution in [1.29, 1.82) is 0 Å². The summed E-state index contributed by atoms with van der Waals surface area (Å²) in [4.78, 5) is 190. The third-order valence-corrected chi connectivity index (χ3v) is 16.8. The van der Waals surface area contributed by atoms with Crippen LogP contribution in [0.4, 0.5) is 16.2 Å². The Kier molecular flexibility index (Phi) is 35.5. The molecule has 35 heteroatoms. The summed E-state index contributed by atoms with van der Waals surface area (Å²) >= 11 is 0. The molecule has 1 saturated heterocycles. The molecular formula is C68H96N16O19. The van der Waals surface area contributed by atoms with Gasteiger partial charge >= 0.3 is 35.9 Å². The average Bonchev–Trinajstić information content (AvgIpc) is 1.63. The van der Waals surface area contributed by atoms with E-state index in [2.05, 4.69) is 58.2 Å². The maximum absolute atomic E-state index is 14.3. The number of anilines is 2. The number of hydrogen-bond acceptors (Lipinski definition) is 20. The Balaban J connectivity index is 1.14. The van der Waals surface area contributed by atoms with Gasteiger partial charge in [-0.25, -0.2) is 4.79 Å². The van der Waals surface area contributed by atoms with E-state index in [1.54, 1.807) is 86.6 Å². The number of nitrogens with one attached hydrogen (secondary N) is 10. The number of nitrogens with two attached hydrogens (primary N) is 1. The molecule has 35 nitrogen and oxygen atoms in total. The van der Waals surface area contributed by atoms with Gasteiger partial charge in [0.05, 0.1) is 45.1 Å². The SMILES string of the molecule is Cc1ccccc1NC(=O)Nc1ccc(CC(=O)N[C@@H](CCCCNC(=O)/C=C/c2cccnc2)C(=O)N[C@@H](CCCC(=O)O)C(=O)NC2(C(=O)N[C@H](CC(=O)O)C(=O)NCCN[C@@H](CCCCNC(=O)CN3CCN(CC(=O)O)CCN(CC(=O)O)CCN(CC(=O)O)CC3)C(N)=O)CC2)cc1. The first-order valence-electron chi connectivity index (χ1n) is 34.0. The van der Waals surface area contributed by atoms with E-state index in [0.29, 0.717) is 41.8 Å². The van der Waals surface area contributed by atoms with E-state index < -0.39 is 120 Å². The van der Waals surface area contributed by atoms with Crippen LogP contribution in [0.2, 0.25) is 0 Å². The number of unbranched alkanes of at least 4 members (excludes halogenated alkanes) is 2. The maximum atomic E-state index is 14.3. The largest absolute Gasteiger partial charge is 0.481 e. The first-order valence-corrected chi connectivity index (χ1v) is 34.0. The molecule has 0 spiro atoms.